The van der Waals surface area contributed by atoms with Gasteiger partial charge in [-0.3, -0.25) is 9.59 Å². The van der Waals surface area contributed by atoms with Gasteiger partial charge in [0.15, 0.2) is 29.0 Å². The van der Waals surface area contributed by atoms with E-state index in [4.69, 9.17) is 0 Å². The number of imidazole rings is 1. The zero-order valence-electron chi connectivity index (χ0n) is 15.1. The van der Waals surface area contributed by atoms with Gasteiger partial charge in [0.1, 0.15) is 0 Å². The first-order chi connectivity index (χ1) is 13.5. The molecule has 2 aliphatic heterocycles. The molecule has 1 aromatic carbocycles. The highest BCUT2D eigenvalue weighted by molar-refractivity contribution is 6.05. The van der Waals surface area contributed by atoms with Crippen molar-refractivity contribution in [3.8, 4) is 0 Å². The lowest BCUT2D eigenvalue weighted by Gasteiger charge is -2.19. The van der Waals surface area contributed by atoms with Gasteiger partial charge in [-0.15, -0.1) is 0 Å². The molecule has 0 atom stereocenters. The number of hydrogen-bond donors (Lipinski definition) is 1. The molecule has 2 aromatic rings. The summed E-state index contributed by atoms with van der Waals surface area (Å²) in [6.07, 6.45) is 4.12. The van der Waals surface area contributed by atoms with Crippen molar-refractivity contribution in [1.29, 1.82) is 0 Å². The number of likely N-dealkylation sites (tertiary alicyclic amines) is 1. The minimum absolute atomic E-state index is 0.0198. The van der Waals surface area contributed by atoms with E-state index in [1.165, 1.54) is 0 Å². The van der Waals surface area contributed by atoms with E-state index >= 15 is 0 Å². The van der Waals surface area contributed by atoms with Crippen molar-refractivity contribution >= 4 is 17.5 Å². The van der Waals surface area contributed by atoms with Gasteiger partial charge in [0.05, 0.1) is 11.4 Å². The highest BCUT2D eigenvalue weighted by Crippen LogP contribution is 2.25. The third-order valence-corrected chi connectivity index (χ3v) is 5.20. The Morgan fingerprint density at radius 3 is 2.43 bits per heavy atom. The van der Waals surface area contributed by atoms with Crippen LogP contribution in [0.3, 0.4) is 0 Å². The number of carbonyl (C=O) groups excluding carboxylic acids is 2. The number of carbonyl (C=O) groups is 2. The fraction of sp³-hybridized carbons (Fsp3) is 0.421. The second kappa shape index (κ2) is 7.29. The number of nitrogens with zero attached hydrogens (tertiary/aromatic N) is 3. The standard InChI is InChI=1S/C19H19F3N4O2/c20-11-6-7-12(15(22)14(11)21)23-18(27)16-13-5-1-2-10-26(13)17(24-16)19(28)25-8-3-4-9-25/h6-7H,1-5,8-10H2,(H,23,27). The fourth-order valence-electron chi connectivity index (χ4n) is 3.75. The molecule has 1 N–H and O–H groups in total. The molecule has 148 valence electrons. The number of fused-ring (bicyclic) bond motifs is 1. The minimum Gasteiger partial charge on any atom is -0.336 e. The fourth-order valence-corrected chi connectivity index (χ4v) is 3.75. The number of nitrogens with one attached hydrogen (secondary N) is 1. The summed E-state index contributed by atoms with van der Waals surface area (Å²) in [6, 6.07) is 1.68. The highest BCUT2D eigenvalue weighted by Gasteiger charge is 2.31. The van der Waals surface area contributed by atoms with Gasteiger partial charge in [-0.25, -0.2) is 18.2 Å². The van der Waals surface area contributed by atoms with Crippen LogP contribution in [0.15, 0.2) is 12.1 Å². The van der Waals surface area contributed by atoms with E-state index in [1.807, 2.05) is 0 Å². The van der Waals surface area contributed by atoms with Gasteiger partial charge in [0.25, 0.3) is 11.8 Å². The van der Waals surface area contributed by atoms with E-state index in [0.29, 0.717) is 31.7 Å². The van der Waals surface area contributed by atoms with Crippen molar-refractivity contribution in [3.63, 3.8) is 0 Å². The molecule has 1 aromatic heterocycles. The lowest BCUT2D eigenvalue weighted by molar-refractivity contribution is 0.0774. The number of benzene rings is 1. The van der Waals surface area contributed by atoms with Gasteiger partial charge in [-0.2, -0.15) is 0 Å². The Morgan fingerprint density at radius 2 is 1.68 bits per heavy atom. The predicted octanol–water partition coefficient (Wildman–Crippen LogP) is 3.13. The summed E-state index contributed by atoms with van der Waals surface area (Å²) in [5.74, 6) is -5.25. The molecule has 28 heavy (non-hydrogen) atoms. The molecule has 0 aliphatic carbocycles. The van der Waals surface area contributed by atoms with Crippen LogP contribution in [0.5, 0.6) is 0 Å². The molecular formula is C19H19F3N4O2. The Labute approximate surface area is 159 Å². The van der Waals surface area contributed by atoms with E-state index in [1.54, 1.807) is 9.47 Å². The van der Waals surface area contributed by atoms with Crippen LogP contribution < -0.4 is 5.32 Å². The molecule has 0 radical (unpaired) electrons. The third-order valence-electron chi connectivity index (χ3n) is 5.20. The van der Waals surface area contributed by atoms with Gasteiger partial charge in [0, 0.05) is 19.6 Å². The second-order valence-corrected chi connectivity index (χ2v) is 7.02. The summed E-state index contributed by atoms with van der Waals surface area (Å²) >= 11 is 0. The zero-order valence-corrected chi connectivity index (χ0v) is 15.1. The SMILES string of the molecule is O=C(Nc1ccc(F)c(F)c1F)c1nc(C(=O)N2CCCC2)n2c1CCCC2. The van der Waals surface area contributed by atoms with Crippen LogP contribution in [-0.2, 0) is 13.0 Å². The van der Waals surface area contributed by atoms with E-state index in [2.05, 4.69) is 10.3 Å². The first-order valence-corrected chi connectivity index (χ1v) is 9.31. The van der Waals surface area contributed by atoms with Crippen LogP contribution in [0.4, 0.5) is 18.9 Å². The third kappa shape index (κ3) is 3.14. The number of halogens is 3. The highest BCUT2D eigenvalue weighted by atomic mass is 19.2. The maximum atomic E-state index is 13.9. The van der Waals surface area contributed by atoms with E-state index in [0.717, 1.165) is 37.8 Å². The summed E-state index contributed by atoms with van der Waals surface area (Å²) in [4.78, 5) is 31.5. The smallest absolute Gasteiger partial charge is 0.289 e. The number of amides is 2. The first-order valence-electron chi connectivity index (χ1n) is 9.31. The summed E-state index contributed by atoms with van der Waals surface area (Å²) < 4.78 is 42.2. The molecule has 1 fully saturated rings. The Hall–Kier alpha value is -2.84. The van der Waals surface area contributed by atoms with Crippen LogP contribution in [0.25, 0.3) is 0 Å². The quantitative estimate of drug-likeness (QED) is 0.817. The van der Waals surface area contributed by atoms with Crippen molar-refractivity contribution < 1.29 is 22.8 Å². The summed E-state index contributed by atoms with van der Waals surface area (Å²) in [5.41, 5.74) is 0.148. The van der Waals surface area contributed by atoms with Gasteiger partial charge in [-0.05, 0) is 44.2 Å². The largest absolute Gasteiger partial charge is 0.336 e. The predicted molar refractivity (Wildman–Crippen MR) is 94.6 cm³/mol. The van der Waals surface area contributed by atoms with Crippen molar-refractivity contribution in [2.45, 2.75) is 38.6 Å². The average molecular weight is 392 g/mol. The molecule has 3 heterocycles. The van der Waals surface area contributed by atoms with Crippen molar-refractivity contribution in [2.75, 3.05) is 18.4 Å². The van der Waals surface area contributed by atoms with Crippen molar-refractivity contribution in [2.24, 2.45) is 0 Å². The van der Waals surface area contributed by atoms with E-state index < -0.39 is 29.0 Å². The van der Waals surface area contributed by atoms with E-state index in [9.17, 15) is 22.8 Å². The topological polar surface area (TPSA) is 67.2 Å². The lowest BCUT2D eigenvalue weighted by atomic mass is 10.1. The summed E-state index contributed by atoms with van der Waals surface area (Å²) in [6.45, 7) is 1.88. The number of hydrogen-bond acceptors (Lipinski definition) is 3. The molecular weight excluding hydrogens is 373 g/mol. The molecule has 4 rings (SSSR count). The van der Waals surface area contributed by atoms with E-state index in [-0.39, 0.29) is 17.4 Å². The first kappa shape index (κ1) is 18.5. The molecule has 6 nitrogen and oxygen atoms in total. The summed E-state index contributed by atoms with van der Waals surface area (Å²) in [7, 11) is 0. The second-order valence-electron chi connectivity index (χ2n) is 7.02. The number of aromatic nitrogens is 2. The Morgan fingerprint density at radius 1 is 0.964 bits per heavy atom. The average Bonchev–Trinajstić information content (AvgIpc) is 3.36. The van der Waals surface area contributed by atoms with Crippen molar-refractivity contribution in [3.05, 3.63) is 46.8 Å². The van der Waals surface area contributed by atoms with Gasteiger partial charge in [0.2, 0.25) is 0 Å². The number of anilines is 1. The van der Waals surface area contributed by atoms with Gasteiger partial charge < -0.3 is 14.8 Å². The van der Waals surface area contributed by atoms with Gasteiger partial charge >= 0.3 is 0 Å². The minimum atomic E-state index is -1.66. The van der Waals surface area contributed by atoms with Crippen LogP contribution in [0, 0.1) is 17.5 Å². The van der Waals surface area contributed by atoms with Crippen LogP contribution >= 0.6 is 0 Å². The summed E-state index contributed by atoms with van der Waals surface area (Å²) in [5, 5.41) is 2.25. The van der Waals surface area contributed by atoms with Crippen LogP contribution in [0.2, 0.25) is 0 Å². The molecule has 0 unspecified atom stereocenters. The Bertz CT molecular complexity index is 951. The Kier molecular flexibility index (Phi) is 4.82. The normalized spacial score (nSPS) is 16.2. The van der Waals surface area contributed by atoms with Crippen LogP contribution in [0.1, 0.15) is 52.5 Å². The lowest BCUT2D eigenvalue weighted by Crippen LogP contribution is -2.31. The maximum Gasteiger partial charge on any atom is 0.289 e. The molecule has 2 aliphatic rings. The molecule has 1 saturated heterocycles. The molecule has 9 heteroatoms. The molecule has 0 saturated carbocycles. The van der Waals surface area contributed by atoms with Crippen molar-refractivity contribution in [1.82, 2.24) is 14.5 Å². The zero-order chi connectivity index (χ0) is 19.8. The van der Waals surface area contributed by atoms with Gasteiger partial charge in [-0.1, -0.05) is 0 Å². The molecule has 0 bridgehead atoms. The maximum absolute atomic E-state index is 13.9. The molecule has 0 spiro atoms. The monoisotopic (exact) mass is 392 g/mol. The number of rotatable bonds is 3. The Balaban J connectivity index is 1.66. The molecule has 2 amide bonds. The van der Waals surface area contributed by atoms with Crippen LogP contribution in [-0.4, -0.2) is 39.4 Å².